The van der Waals surface area contributed by atoms with Crippen molar-refractivity contribution in [2.75, 3.05) is 11.4 Å². The van der Waals surface area contributed by atoms with Gasteiger partial charge in [-0.3, -0.25) is 14.2 Å². The van der Waals surface area contributed by atoms with Crippen LogP contribution in [0.4, 0.5) is 5.69 Å². The molecule has 0 unspecified atom stereocenters. The molecule has 2 aromatic carbocycles. The van der Waals surface area contributed by atoms with Gasteiger partial charge in [0.1, 0.15) is 18.3 Å². The van der Waals surface area contributed by atoms with Crippen LogP contribution in [0.2, 0.25) is 0 Å². The number of amides is 1. The molecule has 3 heterocycles. The van der Waals surface area contributed by atoms with Gasteiger partial charge in [-0.05, 0) is 37.1 Å². The summed E-state index contributed by atoms with van der Waals surface area (Å²) in [5, 5.41) is 4.72. The molecule has 0 atom stereocenters. The molecule has 0 radical (unpaired) electrons. The van der Waals surface area contributed by atoms with Gasteiger partial charge in [-0.2, -0.15) is 5.10 Å². The lowest BCUT2D eigenvalue weighted by Crippen LogP contribution is -2.35. The Morgan fingerprint density at radius 3 is 2.72 bits per heavy atom. The van der Waals surface area contributed by atoms with Crippen molar-refractivity contribution in [2.24, 2.45) is 0 Å². The van der Waals surface area contributed by atoms with Crippen LogP contribution in [0.1, 0.15) is 11.1 Å². The number of carbonyl (C=O) groups excluding carboxylic acids is 1. The molecule has 5 rings (SSSR count). The highest BCUT2D eigenvalue weighted by Crippen LogP contribution is 2.27. The van der Waals surface area contributed by atoms with Gasteiger partial charge in [-0.1, -0.05) is 35.9 Å². The molecular formula is C22H19N5O2. The van der Waals surface area contributed by atoms with E-state index in [2.05, 4.69) is 10.1 Å². The monoisotopic (exact) mass is 385 g/mol. The number of hydrogen-bond donors (Lipinski definition) is 0. The fourth-order valence-electron chi connectivity index (χ4n) is 3.76. The van der Waals surface area contributed by atoms with Crippen molar-refractivity contribution in [3.8, 4) is 5.69 Å². The van der Waals surface area contributed by atoms with Gasteiger partial charge in [0, 0.05) is 12.2 Å². The molecule has 0 bridgehead atoms. The molecule has 0 spiro atoms. The van der Waals surface area contributed by atoms with Gasteiger partial charge in [0.2, 0.25) is 5.91 Å². The van der Waals surface area contributed by atoms with E-state index in [0.717, 1.165) is 28.9 Å². The van der Waals surface area contributed by atoms with Crippen LogP contribution in [0.5, 0.6) is 0 Å². The summed E-state index contributed by atoms with van der Waals surface area (Å²) in [4.78, 5) is 31.9. The van der Waals surface area contributed by atoms with E-state index in [1.807, 2.05) is 55.5 Å². The lowest BCUT2D eigenvalue weighted by Gasteiger charge is -2.17. The molecule has 1 amide bonds. The Morgan fingerprint density at radius 1 is 1.10 bits per heavy atom. The maximum Gasteiger partial charge on any atom is 0.264 e. The first-order valence-electron chi connectivity index (χ1n) is 9.50. The van der Waals surface area contributed by atoms with Gasteiger partial charge >= 0.3 is 0 Å². The van der Waals surface area contributed by atoms with E-state index in [1.165, 1.54) is 17.1 Å². The van der Waals surface area contributed by atoms with Crippen LogP contribution in [0, 0.1) is 6.92 Å². The summed E-state index contributed by atoms with van der Waals surface area (Å²) in [5.41, 5.74) is 4.26. The second-order valence-electron chi connectivity index (χ2n) is 7.23. The van der Waals surface area contributed by atoms with Crippen molar-refractivity contribution in [1.29, 1.82) is 0 Å². The number of rotatable bonds is 3. The lowest BCUT2D eigenvalue weighted by molar-refractivity contribution is -0.119. The third-order valence-corrected chi connectivity index (χ3v) is 5.33. The van der Waals surface area contributed by atoms with Gasteiger partial charge in [-0.15, -0.1) is 0 Å². The molecule has 7 nitrogen and oxygen atoms in total. The Balaban J connectivity index is 1.46. The average molecular weight is 385 g/mol. The quantitative estimate of drug-likeness (QED) is 0.543. The standard InChI is InChI=1S/C22H19N5O2/c1-15-6-8-17(9-7-15)27-21-18(12-24-27)22(29)25(14-23-21)13-20(28)26-11-10-16-4-2-3-5-19(16)26/h2-9,12,14H,10-11,13H2,1H3. The Morgan fingerprint density at radius 2 is 1.90 bits per heavy atom. The van der Waals surface area contributed by atoms with E-state index in [1.54, 1.807) is 9.58 Å². The molecule has 7 heteroatoms. The number of anilines is 1. The smallest absolute Gasteiger partial charge is 0.264 e. The van der Waals surface area contributed by atoms with Gasteiger partial charge in [0.05, 0.1) is 11.9 Å². The third-order valence-electron chi connectivity index (χ3n) is 5.33. The van der Waals surface area contributed by atoms with Crippen LogP contribution in [-0.2, 0) is 17.8 Å². The fourth-order valence-corrected chi connectivity index (χ4v) is 3.76. The Kier molecular flexibility index (Phi) is 4.01. The van der Waals surface area contributed by atoms with E-state index in [-0.39, 0.29) is 18.0 Å². The van der Waals surface area contributed by atoms with Crippen LogP contribution in [0.3, 0.4) is 0 Å². The molecule has 1 aliphatic heterocycles. The molecule has 4 aromatic rings. The Labute approximate surface area is 166 Å². The average Bonchev–Trinajstić information content (AvgIpc) is 3.35. The van der Waals surface area contributed by atoms with Gasteiger partial charge < -0.3 is 4.90 Å². The van der Waals surface area contributed by atoms with Crippen LogP contribution in [0.15, 0.2) is 65.8 Å². The highest BCUT2D eigenvalue weighted by molar-refractivity contribution is 5.95. The first kappa shape index (κ1) is 17.4. The van der Waals surface area contributed by atoms with Gasteiger partial charge in [0.25, 0.3) is 5.56 Å². The molecule has 0 N–H and O–H groups in total. The van der Waals surface area contributed by atoms with Crippen molar-refractivity contribution < 1.29 is 4.79 Å². The van der Waals surface area contributed by atoms with E-state index in [9.17, 15) is 9.59 Å². The molecule has 0 saturated carbocycles. The predicted octanol–water partition coefficient (Wildman–Crippen LogP) is 2.48. The van der Waals surface area contributed by atoms with Gasteiger partial charge in [0.15, 0.2) is 5.65 Å². The number of fused-ring (bicyclic) bond motifs is 2. The summed E-state index contributed by atoms with van der Waals surface area (Å²) in [5.74, 6) is -0.121. The van der Waals surface area contributed by atoms with E-state index in [4.69, 9.17) is 0 Å². The highest BCUT2D eigenvalue weighted by Gasteiger charge is 2.24. The second kappa shape index (κ2) is 6.70. The summed E-state index contributed by atoms with van der Waals surface area (Å²) in [6, 6.07) is 15.7. The first-order chi connectivity index (χ1) is 14.1. The molecule has 0 aliphatic carbocycles. The minimum atomic E-state index is -0.269. The molecule has 1 aliphatic rings. The fraction of sp³-hybridized carbons (Fsp3) is 0.182. The largest absolute Gasteiger partial charge is 0.310 e. The SMILES string of the molecule is Cc1ccc(-n2ncc3c(=O)n(CC(=O)N4CCc5ccccc54)cnc32)cc1. The first-order valence-corrected chi connectivity index (χ1v) is 9.50. The summed E-state index contributed by atoms with van der Waals surface area (Å²) >= 11 is 0. The molecule has 0 fully saturated rings. The topological polar surface area (TPSA) is 73.0 Å². The van der Waals surface area contributed by atoms with E-state index in [0.29, 0.717) is 17.6 Å². The van der Waals surface area contributed by atoms with Crippen molar-refractivity contribution in [3.63, 3.8) is 0 Å². The number of benzene rings is 2. The summed E-state index contributed by atoms with van der Waals surface area (Å²) < 4.78 is 2.99. The summed E-state index contributed by atoms with van der Waals surface area (Å²) in [6.07, 6.45) is 3.77. The number of aromatic nitrogens is 4. The number of nitrogens with zero attached hydrogens (tertiary/aromatic N) is 5. The van der Waals surface area contributed by atoms with Crippen LogP contribution in [-0.4, -0.2) is 31.8 Å². The van der Waals surface area contributed by atoms with Crippen molar-refractivity contribution in [3.05, 3.63) is 82.5 Å². The molecule has 2 aromatic heterocycles. The maximum absolute atomic E-state index is 12.9. The van der Waals surface area contributed by atoms with Crippen molar-refractivity contribution >= 4 is 22.6 Å². The maximum atomic E-state index is 12.9. The Hall–Kier alpha value is -3.74. The normalized spacial score (nSPS) is 13.1. The molecule has 29 heavy (non-hydrogen) atoms. The van der Waals surface area contributed by atoms with Crippen molar-refractivity contribution in [1.82, 2.24) is 19.3 Å². The predicted molar refractivity (Wildman–Crippen MR) is 110 cm³/mol. The number of para-hydroxylation sites is 1. The number of carbonyl (C=O) groups is 1. The van der Waals surface area contributed by atoms with Gasteiger partial charge in [-0.25, -0.2) is 9.67 Å². The second-order valence-corrected chi connectivity index (χ2v) is 7.23. The lowest BCUT2D eigenvalue weighted by atomic mass is 10.2. The van der Waals surface area contributed by atoms with Crippen LogP contribution >= 0.6 is 0 Å². The highest BCUT2D eigenvalue weighted by atomic mass is 16.2. The third kappa shape index (κ3) is 2.91. The zero-order valence-corrected chi connectivity index (χ0v) is 15.9. The minimum Gasteiger partial charge on any atom is -0.310 e. The van der Waals surface area contributed by atoms with E-state index < -0.39 is 0 Å². The Bertz CT molecular complexity index is 1290. The summed E-state index contributed by atoms with van der Waals surface area (Å²) in [6.45, 7) is 2.59. The molecule has 144 valence electrons. The van der Waals surface area contributed by atoms with Crippen LogP contribution in [0.25, 0.3) is 16.7 Å². The van der Waals surface area contributed by atoms with E-state index >= 15 is 0 Å². The summed E-state index contributed by atoms with van der Waals surface area (Å²) in [7, 11) is 0. The number of aryl methyl sites for hydroxylation is 1. The molecular weight excluding hydrogens is 366 g/mol. The zero-order chi connectivity index (χ0) is 20.0. The molecule has 0 saturated heterocycles. The van der Waals surface area contributed by atoms with Crippen molar-refractivity contribution in [2.45, 2.75) is 19.9 Å². The minimum absolute atomic E-state index is 0.0498. The number of hydrogen-bond acceptors (Lipinski definition) is 4. The zero-order valence-electron chi connectivity index (χ0n) is 15.9. The van der Waals surface area contributed by atoms with Crippen LogP contribution < -0.4 is 10.5 Å².